The van der Waals surface area contributed by atoms with Gasteiger partial charge in [0.25, 0.3) is 0 Å². The smallest absolute Gasteiger partial charge is 0.329 e. The number of carbonyl (C=O) groups excluding carboxylic acids is 1. The van der Waals surface area contributed by atoms with Crippen LogP contribution < -0.4 is 10.6 Å². The molecule has 2 rings (SSSR count). The zero-order chi connectivity index (χ0) is 14.2. The van der Waals surface area contributed by atoms with Gasteiger partial charge in [-0.2, -0.15) is 4.39 Å². The molecule has 0 bridgehead atoms. The molecule has 0 radical (unpaired) electrons. The molecule has 1 heterocycles. The SMILES string of the molecule is NCC1CC(=O)N(c2ccc(Br)c(F)c2[N+](=O)[O-])C1. The molecule has 1 aromatic rings. The van der Waals surface area contributed by atoms with E-state index in [9.17, 15) is 19.3 Å². The van der Waals surface area contributed by atoms with Gasteiger partial charge in [-0.25, -0.2) is 0 Å². The van der Waals surface area contributed by atoms with Crippen LogP contribution in [-0.4, -0.2) is 23.9 Å². The number of hydrogen-bond donors (Lipinski definition) is 1. The second-order valence-electron chi connectivity index (χ2n) is 4.30. The molecule has 8 heteroatoms. The van der Waals surface area contributed by atoms with Gasteiger partial charge in [-0.1, -0.05) is 0 Å². The Kier molecular flexibility index (Phi) is 3.81. The Morgan fingerprint density at radius 2 is 2.26 bits per heavy atom. The standard InChI is InChI=1S/C11H11BrFN3O3/c12-7-1-2-8(11(10(7)13)16(18)19)15-5-6(4-14)3-9(15)17/h1-2,6H,3-5,14H2. The van der Waals surface area contributed by atoms with E-state index in [-0.39, 0.29) is 35.0 Å². The molecule has 0 saturated carbocycles. The van der Waals surface area contributed by atoms with Gasteiger partial charge in [0.15, 0.2) is 0 Å². The molecule has 1 aromatic carbocycles. The van der Waals surface area contributed by atoms with Crippen molar-refractivity contribution >= 4 is 33.2 Å². The van der Waals surface area contributed by atoms with E-state index in [1.807, 2.05) is 0 Å². The molecule has 0 aliphatic carbocycles. The van der Waals surface area contributed by atoms with E-state index in [0.29, 0.717) is 6.54 Å². The van der Waals surface area contributed by atoms with Crippen LogP contribution in [0.5, 0.6) is 0 Å². The van der Waals surface area contributed by atoms with Gasteiger partial charge >= 0.3 is 5.69 Å². The number of halogens is 2. The lowest BCUT2D eigenvalue weighted by molar-refractivity contribution is -0.386. The number of rotatable bonds is 3. The maximum Gasteiger partial charge on any atom is 0.329 e. The molecule has 102 valence electrons. The number of carbonyl (C=O) groups is 1. The monoisotopic (exact) mass is 331 g/mol. The number of nitrogens with two attached hydrogens (primary N) is 1. The van der Waals surface area contributed by atoms with Crippen LogP contribution in [0.2, 0.25) is 0 Å². The van der Waals surface area contributed by atoms with Crippen LogP contribution in [0.3, 0.4) is 0 Å². The zero-order valence-corrected chi connectivity index (χ0v) is 11.4. The van der Waals surface area contributed by atoms with Crippen molar-refractivity contribution in [3.05, 3.63) is 32.5 Å². The number of nitrogens with zero attached hydrogens (tertiary/aromatic N) is 2. The van der Waals surface area contributed by atoms with Crippen molar-refractivity contribution in [2.45, 2.75) is 6.42 Å². The fourth-order valence-electron chi connectivity index (χ4n) is 2.09. The van der Waals surface area contributed by atoms with Crippen molar-refractivity contribution in [2.75, 3.05) is 18.0 Å². The second-order valence-corrected chi connectivity index (χ2v) is 5.15. The summed E-state index contributed by atoms with van der Waals surface area (Å²) in [5, 5.41) is 11.0. The van der Waals surface area contributed by atoms with Gasteiger partial charge in [0.1, 0.15) is 5.69 Å². The van der Waals surface area contributed by atoms with Crippen molar-refractivity contribution in [3.8, 4) is 0 Å². The third-order valence-corrected chi connectivity index (χ3v) is 3.67. The van der Waals surface area contributed by atoms with Crippen LogP contribution in [0, 0.1) is 21.8 Å². The van der Waals surface area contributed by atoms with Crippen LogP contribution in [0.1, 0.15) is 6.42 Å². The molecule has 1 fully saturated rings. The number of nitro groups is 1. The maximum absolute atomic E-state index is 13.8. The highest BCUT2D eigenvalue weighted by molar-refractivity contribution is 9.10. The van der Waals surface area contributed by atoms with Gasteiger partial charge in [0.05, 0.1) is 9.40 Å². The Hall–Kier alpha value is -1.54. The molecular weight excluding hydrogens is 321 g/mol. The third-order valence-electron chi connectivity index (χ3n) is 3.06. The highest BCUT2D eigenvalue weighted by Gasteiger charge is 2.35. The molecule has 1 aliphatic heterocycles. The first-order chi connectivity index (χ1) is 8.95. The summed E-state index contributed by atoms with van der Waals surface area (Å²) in [6.07, 6.45) is 0.228. The summed E-state index contributed by atoms with van der Waals surface area (Å²) < 4.78 is 13.8. The summed E-state index contributed by atoms with van der Waals surface area (Å²) in [5.74, 6) is -1.31. The van der Waals surface area contributed by atoms with Crippen molar-refractivity contribution in [3.63, 3.8) is 0 Å². The molecule has 1 unspecified atom stereocenters. The molecule has 2 N–H and O–H groups in total. The number of amides is 1. The first-order valence-electron chi connectivity index (χ1n) is 5.58. The molecule has 0 aromatic heterocycles. The predicted molar refractivity (Wildman–Crippen MR) is 70.3 cm³/mol. The minimum atomic E-state index is -0.980. The zero-order valence-electron chi connectivity index (χ0n) is 9.81. The highest BCUT2D eigenvalue weighted by Crippen LogP contribution is 2.37. The summed E-state index contributed by atoms with van der Waals surface area (Å²) in [6.45, 7) is 0.590. The predicted octanol–water partition coefficient (Wildman–Crippen LogP) is 1.81. The molecule has 19 heavy (non-hydrogen) atoms. The fraction of sp³-hybridized carbons (Fsp3) is 0.364. The third kappa shape index (κ3) is 2.45. The Morgan fingerprint density at radius 3 is 2.79 bits per heavy atom. The van der Waals surface area contributed by atoms with E-state index in [2.05, 4.69) is 15.9 Å². The Labute approximate surface area is 116 Å². The lowest BCUT2D eigenvalue weighted by Crippen LogP contribution is -2.26. The topological polar surface area (TPSA) is 89.5 Å². The average molecular weight is 332 g/mol. The van der Waals surface area contributed by atoms with Gasteiger partial charge in [-0.15, -0.1) is 0 Å². The van der Waals surface area contributed by atoms with E-state index in [0.717, 1.165) is 0 Å². The average Bonchev–Trinajstić information content (AvgIpc) is 2.73. The summed E-state index contributed by atoms with van der Waals surface area (Å²) in [4.78, 5) is 23.2. The fourth-order valence-corrected chi connectivity index (χ4v) is 2.41. The Bertz CT molecular complexity index is 552. The number of hydrogen-bond acceptors (Lipinski definition) is 4. The van der Waals surface area contributed by atoms with Crippen molar-refractivity contribution in [2.24, 2.45) is 11.7 Å². The van der Waals surface area contributed by atoms with E-state index in [1.54, 1.807) is 0 Å². The lowest BCUT2D eigenvalue weighted by Gasteiger charge is -2.17. The van der Waals surface area contributed by atoms with Crippen LogP contribution in [0.4, 0.5) is 15.8 Å². The maximum atomic E-state index is 13.8. The summed E-state index contributed by atoms with van der Waals surface area (Å²) in [6, 6.07) is 2.71. The van der Waals surface area contributed by atoms with E-state index in [1.165, 1.54) is 17.0 Å². The summed E-state index contributed by atoms with van der Waals surface area (Å²) in [7, 11) is 0. The summed E-state index contributed by atoms with van der Waals surface area (Å²) >= 11 is 2.89. The van der Waals surface area contributed by atoms with Crippen LogP contribution >= 0.6 is 15.9 Å². The van der Waals surface area contributed by atoms with Gasteiger partial charge in [-0.3, -0.25) is 14.9 Å². The quantitative estimate of drug-likeness (QED) is 0.675. The van der Waals surface area contributed by atoms with Crippen molar-refractivity contribution in [1.82, 2.24) is 0 Å². The van der Waals surface area contributed by atoms with Gasteiger partial charge in [-0.05, 0) is 40.5 Å². The largest absolute Gasteiger partial charge is 0.330 e. The first kappa shape index (κ1) is 13.9. The Balaban J connectivity index is 2.49. The van der Waals surface area contributed by atoms with Gasteiger partial charge < -0.3 is 10.6 Å². The molecule has 1 saturated heterocycles. The van der Waals surface area contributed by atoms with Crippen molar-refractivity contribution in [1.29, 1.82) is 0 Å². The lowest BCUT2D eigenvalue weighted by atomic mass is 10.1. The second kappa shape index (κ2) is 5.22. The minimum Gasteiger partial charge on any atom is -0.330 e. The molecule has 0 spiro atoms. The summed E-state index contributed by atoms with van der Waals surface area (Å²) in [5.41, 5.74) is 4.78. The molecule has 6 nitrogen and oxygen atoms in total. The normalized spacial score (nSPS) is 19.0. The van der Waals surface area contributed by atoms with Crippen LogP contribution in [0.15, 0.2) is 16.6 Å². The highest BCUT2D eigenvalue weighted by atomic mass is 79.9. The minimum absolute atomic E-state index is 0.00929. The number of nitro benzene ring substituents is 1. The van der Waals surface area contributed by atoms with Gasteiger partial charge in [0.2, 0.25) is 11.7 Å². The van der Waals surface area contributed by atoms with Crippen LogP contribution in [0.25, 0.3) is 0 Å². The van der Waals surface area contributed by atoms with Crippen LogP contribution in [-0.2, 0) is 4.79 Å². The number of benzene rings is 1. The molecule has 1 amide bonds. The molecule has 1 aliphatic rings. The first-order valence-corrected chi connectivity index (χ1v) is 6.37. The Morgan fingerprint density at radius 1 is 1.58 bits per heavy atom. The van der Waals surface area contributed by atoms with E-state index < -0.39 is 16.4 Å². The van der Waals surface area contributed by atoms with Crippen molar-refractivity contribution < 1.29 is 14.1 Å². The van der Waals surface area contributed by atoms with E-state index >= 15 is 0 Å². The number of anilines is 1. The van der Waals surface area contributed by atoms with Gasteiger partial charge in [0, 0.05) is 13.0 Å². The molecular formula is C11H11BrFN3O3. The van der Waals surface area contributed by atoms with E-state index in [4.69, 9.17) is 5.73 Å². The molecule has 1 atom stereocenters.